The maximum absolute atomic E-state index is 13.1. The summed E-state index contributed by atoms with van der Waals surface area (Å²) in [6, 6.07) is 23.7. The van der Waals surface area contributed by atoms with Gasteiger partial charge in [0.1, 0.15) is 6.04 Å². The molecule has 152 valence electrons. The van der Waals surface area contributed by atoms with Crippen molar-refractivity contribution in [3.05, 3.63) is 83.9 Å². The molecular weight excluding hydrogens is 398 g/mol. The maximum atomic E-state index is 13.1. The number of benzene rings is 3. The van der Waals surface area contributed by atoms with Crippen molar-refractivity contribution in [2.75, 3.05) is 17.2 Å². The van der Waals surface area contributed by atoms with Crippen LogP contribution in [0.1, 0.15) is 12.8 Å². The first-order valence-electron chi connectivity index (χ1n) is 9.90. The van der Waals surface area contributed by atoms with Crippen molar-refractivity contribution in [2.45, 2.75) is 18.9 Å². The van der Waals surface area contributed by atoms with Gasteiger partial charge in [-0.2, -0.15) is 0 Å². The Bertz CT molecular complexity index is 1060. The Morgan fingerprint density at radius 3 is 2.47 bits per heavy atom. The summed E-state index contributed by atoms with van der Waals surface area (Å²) in [5, 5.41) is 6.40. The van der Waals surface area contributed by atoms with Crippen LogP contribution in [-0.4, -0.2) is 29.4 Å². The van der Waals surface area contributed by atoms with Crippen molar-refractivity contribution in [2.24, 2.45) is 0 Å². The lowest BCUT2D eigenvalue weighted by Crippen LogP contribution is -2.45. The maximum Gasteiger partial charge on any atom is 0.322 e. The summed E-state index contributed by atoms with van der Waals surface area (Å²) in [5.41, 5.74) is 3.30. The Labute approximate surface area is 180 Å². The molecule has 1 aliphatic rings. The van der Waals surface area contributed by atoms with E-state index in [1.54, 1.807) is 29.2 Å². The highest BCUT2D eigenvalue weighted by molar-refractivity contribution is 6.30. The number of rotatable bonds is 4. The second-order valence-electron chi connectivity index (χ2n) is 7.19. The lowest BCUT2D eigenvalue weighted by molar-refractivity contribution is -0.119. The molecule has 1 atom stereocenters. The third kappa shape index (κ3) is 4.47. The SMILES string of the molecule is O=C(Nc1ccccc1-c1ccccc1)C1CCCN1C(=O)Nc1cccc(Cl)c1. The standard InChI is InChI=1S/C24H22ClN3O2/c25-18-10-6-11-19(16-18)26-24(30)28-15-7-14-22(28)23(29)27-21-13-5-4-12-20(21)17-8-2-1-3-9-17/h1-6,8-13,16,22H,7,14-15H2,(H,26,30)(H,27,29). The smallest absolute Gasteiger partial charge is 0.322 e. The van der Waals surface area contributed by atoms with Crippen LogP contribution in [-0.2, 0) is 4.79 Å². The Balaban J connectivity index is 1.49. The van der Waals surface area contributed by atoms with Gasteiger partial charge in [-0.25, -0.2) is 4.79 Å². The predicted molar refractivity (Wildman–Crippen MR) is 121 cm³/mol. The van der Waals surface area contributed by atoms with Crippen LogP contribution in [0.3, 0.4) is 0 Å². The van der Waals surface area contributed by atoms with Crippen molar-refractivity contribution >= 4 is 34.9 Å². The van der Waals surface area contributed by atoms with Gasteiger partial charge in [0, 0.05) is 28.5 Å². The van der Waals surface area contributed by atoms with E-state index in [4.69, 9.17) is 11.6 Å². The van der Waals surface area contributed by atoms with Crippen LogP contribution in [0.25, 0.3) is 11.1 Å². The second kappa shape index (κ2) is 9.01. The van der Waals surface area contributed by atoms with E-state index in [2.05, 4.69) is 10.6 Å². The highest BCUT2D eigenvalue weighted by atomic mass is 35.5. The molecule has 3 aromatic carbocycles. The lowest BCUT2D eigenvalue weighted by Gasteiger charge is -2.25. The fraction of sp³-hybridized carbons (Fsp3) is 0.167. The second-order valence-corrected chi connectivity index (χ2v) is 7.63. The van der Waals surface area contributed by atoms with Gasteiger partial charge in [-0.1, -0.05) is 66.2 Å². The molecule has 6 heteroatoms. The molecule has 3 aromatic rings. The van der Waals surface area contributed by atoms with Crippen LogP contribution in [0.5, 0.6) is 0 Å². The van der Waals surface area contributed by atoms with Crippen molar-refractivity contribution in [1.82, 2.24) is 4.90 Å². The minimum absolute atomic E-state index is 0.183. The quantitative estimate of drug-likeness (QED) is 0.574. The molecule has 1 heterocycles. The number of para-hydroxylation sites is 1. The third-order valence-corrected chi connectivity index (χ3v) is 5.40. The number of carbonyl (C=O) groups excluding carboxylic acids is 2. The Morgan fingerprint density at radius 2 is 1.67 bits per heavy atom. The van der Waals surface area contributed by atoms with Gasteiger partial charge >= 0.3 is 6.03 Å². The summed E-state index contributed by atoms with van der Waals surface area (Å²) in [6.45, 7) is 0.533. The Morgan fingerprint density at radius 1 is 0.900 bits per heavy atom. The number of carbonyl (C=O) groups is 2. The molecule has 3 amide bonds. The lowest BCUT2D eigenvalue weighted by atomic mass is 10.0. The molecule has 0 saturated carbocycles. The largest absolute Gasteiger partial charge is 0.324 e. The first-order valence-corrected chi connectivity index (χ1v) is 10.3. The summed E-state index contributed by atoms with van der Waals surface area (Å²) < 4.78 is 0. The van der Waals surface area contributed by atoms with E-state index in [-0.39, 0.29) is 11.9 Å². The highest BCUT2D eigenvalue weighted by Crippen LogP contribution is 2.29. The van der Waals surface area contributed by atoms with Gasteiger partial charge < -0.3 is 15.5 Å². The molecule has 4 rings (SSSR count). The molecule has 0 radical (unpaired) electrons. The van der Waals surface area contributed by atoms with Gasteiger partial charge in [-0.05, 0) is 42.7 Å². The molecule has 2 N–H and O–H groups in total. The van der Waals surface area contributed by atoms with E-state index in [9.17, 15) is 9.59 Å². The van der Waals surface area contributed by atoms with Gasteiger partial charge in [0.15, 0.2) is 0 Å². The van der Waals surface area contributed by atoms with E-state index in [1.807, 2.05) is 54.6 Å². The number of urea groups is 1. The molecule has 30 heavy (non-hydrogen) atoms. The van der Waals surface area contributed by atoms with E-state index in [1.165, 1.54) is 0 Å². The zero-order valence-electron chi connectivity index (χ0n) is 16.3. The number of likely N-dealkylation sites (tertiary alicyclic amines) is 1. The van der Waals surface area contributed by atoms with Crippen molar-refractivity contribution < 1.29 is 9.59 Å². The zero-order chi connectivity index (χ0) is 20.9. The van der Waals surface area contributed by atoms with E-state index < -0.39 is 6.04 Å². The number of hydrogen-bond acceptors (Lipinski definition) is 2. The summed E-state index contributed by atoms with van der Waals surface area (Å²) in [6.07, 6.45) is 1.41. The molecule has 1 fully saturated rings. The first kappa shape index (κ1) is 20.0. The fourth-order valence-corrected chi connectivity index (χ4v) is 3.91. The molecule has 5 nitrogen and oxygen atoms in total. The van der Waals surface area contributed by atoms with Crippen molar-refractivity contribution in [3.8, 4) is 11.1 Å². The molecule has 0 spiro atoms. The van der Waals surface area contributed by atoms with Gasteiger partial charge in [0.25, 0.3) is 0 Å². The van der Waals surface area contributed by atoms with Gasteiger partial charge in [-0.15, -0.1) is 0 Å². The number of hydrogen-bond donors (Lipinski definition) is 2. The van der Waals surface area contributed by atoms with Crippen LogP contribution in [0.15, 0.2) is 78.9 Å². The molecule has 0 aliphatic carbocycles. The van der Waals surface area contributed by atoms with E-state index in [0.717, 1.165) is 23.2 Å². The minimum Gasteiger partial charge on any atom is -0.324 e. The van der Waals surface area contributed by atoms with Crippen LogP contribution < -0.4 is 10.6 Å². The van der Waals surface area contributed by atoms with Gasteiger partial charge in [-0.3, -0.25) is 4.79 Å². The topological polar surface area (TPSA) is 61.4 Å². The number of halogens is 1. The van der Waals surface area contributed by atoms with Crippen LogP contribution in [0.4, 0.5) is 16.2 Å². The van der Waals surface area contributed by atoms with Gasteiger partial charge in [0.05, 0.1) is 0 Å². The van der Waals surface area contributed by atoms with Crippen LogP contribution in [0, 0.1) is 0 Å². The molecule has 1 saturated heterocycles. The van der Waals surface area contributed by atoms with Crippen molar-refractivity contribution in [3.63, 3.8) is 0 Å². The summed E-state index contributed by atoms with van der Waals surface area (Å²) in [7, 11) is 0. The summed E-state index contributed by atoms with van der Waals surface area (Å²) in [4.78, 5) is 27.4. The number of nitrogens with one attached hydrogen (secondary N) is 2. The molecular formula is C24H22ClN3O2. The minimum atomic E-state index is -0.520. The number of nitrogens with zero attached hydrogens (tertiary/aromatic N) is 1. The first-order chi connectivity index (χ1) is 14.6. The van der Waals surface area contributed by atoms with Gasteiger partial charge in [0.2, 0.25) is 5.91 Å². The third-order valence-electron chi connectivity index (χ3n) is 5.16. The predicted octanol–water partition coefficient (Wildman–Crippen LogP) is 5.64. The Kier molecular flexibility index (Phi) is 6.00. The summed E-state index contributed by atoms with van der Waals surface area (Å²) in [5.74, 6) is -0.183. The van der Waals surface area contributed by atoms with E-state index in [0.29, 0.717) is 23.7 Å². The molecule has 0 aromatic heterocycles. The average molecular weight is 420 g/mol. The van der Waals surface area contributed by atoms with Crippen molar-refractivity contribution in [1.29, 1.82) is 0 Å². The molecule has 0 bridgehead atoms. The highest BCUT2D eigenvalue weighted by Gasteiger charge is 2.34. The van der Waals surface area contributed by atoms with E-state index >= 15 is 0 Å². The van der Waals surface area contributed by atoms with Crippen LogP contribution >= 0.6 is 11.6 Å². The summed E-state index contributed by atoms with van der Waals surface area (Å²) >= 11 is 5.99. The fourth-order valence-electron chi connectivity index (χ4n) is 3.72. The molecule has 1 aliphatic heterocycles. The average Bonchev–Trinajstić information content (AvgIpc) is 3.25. The van der Waals surface area contributed by atoms with Crippen LogP contribution in [0.2, 0.25) is 5.02 Å². The molecule has 1 unspecified atom stereocenters. The zero-order valence-corrected chi connectivity index (χ0v) is 17.1. The normalized spacial score (nSPS) is 15.6. The number of anilines is 2. The monoisotopic (exact) mass is 419 g/mol. The number of amides is 3. The Hall–Kier alpha value is -3.31.